The van der Waals surface area contributed by atoms with E-state index in [1.165, 1.54) is 12.3 Å². The first-order valence-electron chi connectivity index (χ1n) is 5.83. The Balaban J connectivity index is 2.38. The number of rotatable bonds is 4. The Bertz CT molecular complexity index is 706. The minimum absolute atomic E-state index is 0.201. The monoisotopic (exact) mass is 307 g/mol. The Morgan fingerprint density at radius 3 is 2.76 bits per heavy atom. The SMILES string of the molecule is O=C(Nc1ccccc1CO)c1ccnc(Cl)c1[N+](=O)[O-]. The maximum atomic E-state index is 12.2. The number of hydrogen-bond donors (Lipinski definition) is 2. The molecule has 0 fully saturated rings. The van der Waals surface area contributed by atoms with Crippen LogP contribution in [0, 0.1) is 10.1 Å². The number of nitrogens with one attached hydrogen (secondary N) is 1. The second-order valence-corrected chi connectivity index (χ2v) is 4.38. The van der Waals surface area contributed by atoms with Gasteiger partial charge in [-0.05, 0) is 12.1 Å². The summed E-state index contributed by atoms with van der Waals surface area (Å²) in [5.41, 5.74) is 0.103. The van der Waals surface area contributed by atoms with E-state index in [4.69, 9.17) is 11.6 Å². The summed E-state index contributed by atoms with van der Waals surface area (Å²) in [6, 6.07) is 7.79. The zero-order valence-electron chi connectivity index (χ0n) is 10.6. The summed E-state index contributed by atoms with van der Waals surface area (Å²) >= 11 is 5.66. The van der Waals surface area contributed by atoms with Crippen LogP contribution in [0.5, 0.6) is 0 Å². The molecule has 1 aromatic heterocycles. The number of nitrogens with zero attached hydrogens (tertiary/aromatic N) is 2. The lowest BCUT2D eigenvalue weighted by atomic mass is 10.1. The predicted molar refractivity (Wildman–Crippen MR) is 76.2 cm³/mol. The third-order valence-corrected chi connectivity index (χ3v) is 3.02. The molecule has 0 bridgehead atoms. The van der Waals surface area contributed by atoms with Gasteiger partial charge in [-0.25, -0.2) is 4.98 Å². The molecule has 1 amide bonds. The van der Waals surface area contributed by atoms with E-state index in [0.29, 0.717) is 11.3 Å². The first-order chi connectivity index (χ1) is 10.0. The highest BCUT2D eigenvalue weighted by molar-refractivity contribution is 6.32. The number of carbonyl (C=O) groups excluding carboxylic acids is 1. The number of carbonyl (C=O) groups is 1. The second kappa shape index (κ2) is 6.29. The van der Waals surface area contributed by atoms with Gasteiger partial charge in [0.25, 0.3) is 5.91 Å². The van der Waals surface area contributed by atoms with Crippen LogP contribution in [0.2, 0.25) is 5.15 Å². The highest BCUT2D eigenvalue weighted by Gasteiger charge is 2.25. The highest BCUT2D eigenvalue weighted by Crippen LogP contribution is 2.27. The number of benzene rings is 1. The van der Waals surface area contributed by atoms with Crippen LogP contribution in [0.1, 0.15) is 15.9 Å². The van der Waals surface area contributed by atoms with E-state index in [2.05, 4.69) is 10.3 Å². The summed E-state index contributed by atoms with van der Waals surface area (Å²) in [7, 11) is 0. The number of amides is 1. The van der Waals surface area contributed by atoms with Crippen molar-refractivity contribution in [3.8, 4) is 0 Å². The smallest absolute Gasteiger partial charge is 0.319 e. The van der Waals surface area contributed by atoms with Crippen LogP contribution in [0.3, 0.4) is 0 Å². The van der Waals surface area contributed by atoms with Crippen molar-refractivity contribution in [3.63, 3.8) is 0 Å². The van der Waals surface area contributed by atoms with E-state index in [9.17, 15) is 20.0 Å². The number of nitro groups is 1. The van der Waals surface area contributed by atoms with Crippen LogP contribution in [-0.4, -0.2) is 20.9 Å². The van der Waals surface area contributed by atoms with Gasteiger partial charge in [0.2, 0.25) is 5.15 Å². The largest absolute Gasteiger partial charge is 0.392 e. The van der Waals surface area contributed by atoms with Gasteiger partial charge in [-0.3, -0.25) is 14.9 Å². The number of hydrogen-bond acceptors (Lipinski definition) is 5. The lowest BCUT2D eigenvalue weighted by Crippen LogP contribution is -2.15. The van der Waals surface area contributed by atoms with Crippen LogP contribution in [0.25, 0.3) is 0 Å². The molecule has 0 unspecified atom stereocenters. The van der Waals surface area contributed by atoms with E-state index in [1.54, 1.807) is 24.3 Å². The van der Waals surface area contributed by atoms with Gasteiger partial charge in [0, 0.05) is 17.4 Å². The van der Waals surface area contributed by atoms with Crippen LogP contribution < -0.4 is 5.32 Å². The Morgan fingerprint density at radius 1 is 1.38 bits per heavy atom. The molecular weight excluding hydrogens is 298 g/mol. The molecule has 2 rings (SSSR count). The lowest BCUT2D eigenvalue weighted by Gasteiger charge is -2.09. The number of pyridine rings is 1. The van der Waals surface area contributed by atoms with Crippen molar-refractivity contribution in [1.82, 2.24) is 4.98 Å². The van der Waals surface area contributed by atoms with Crippen molar-refractivity contribution >= 4 is 28.9 Å². The van der Waals surface area contributed by atoms with Crippen LogP contribution in [0.4, 0.5) is 11.4 Å². The quantitative estimate of drug-likeness (QED) is 0.512. The fourth-order valence-corrected chi connectivity index (χ4v) is 1.98. The average molecular weight is 308 g/mol. The first-order valence-corrected chi connectivity index (χ1v) is 6.21. The Hall–Kier alpha value is -2.51. The normalized spacial score (nSPS) is 10.2. The zero-order chi connectivity index (χ0) is 15.4. The van der Waals surface area contributed by atoms with Gasteiger partial charge in [0.1, 0.15) is 5.56 Å². The van der Waals surface area contributed by atoms with Gasteiger partial charge in [0.15, 0.2) is 0 Å². The van der Waals surface area contributed by atoms with E-state index < -0.39 is 16.5 Å². The molecule has 0 saturated carbocycles. The molecule has 1 heterocycles. The number of para-hydroxylation sites is 1. The molecule has 8 heteroatoms. The molecule has 0 aliphatic heterocycles. The topological polar surface area (TPSA) is 105 Å². The first kappa shape index (κ1) is 14.9. The maximum Gasteiger partial charge on any atom is 0.319 e. The van der Waals surface area contributed by atoms with E-state index in [0.717, 1.165) is 0 Å². The molecule has 0 atom stereocenters. The van der Waals surface area contributed by atoms with Gasteiger partial charge in [-0.1, -0.05) is 29.8 Å². The Kier molecular flexibility index (Phi) is 4.46. The summed E-state index contributed by atoms with van der Waals surface area (Å²) in [6.45, 7) is -0.268. The van der Waals surface area contributed by atoms with Gasteiger partial charge < -0.3 is 10.4 Å². The van der Waals surface area contributed by atoms with Gasteiger partial charge in [-0.15, -0.1) is 0 Å². The molecule has 2 aromatic rings. The van der Waals surface area contributed by atoms with Gasteiger partial charge in [-0.2, -0.15) is 0 Å². The number of aromatic nitrogens is 1. The summed E-state index contributed by atoms with van der Waals surface area (Å²) in [6.07, 6.45) is 1.21. The van der Waals surface area contributed by atoms with Crippen molar-refractivity contribution in [2.45, 2.75) is 6.61 Å². The van der Waals surface area contributed by atoms with Crippen molar-refractivity contribution in [2.75, 3.05) is 5.32 Å². The second-order valence-electron chi connectivity index (χ2n) is 4.02. The fourth-order valence-electron chi connectivity index (χ4n) is 1.76. The zero-order valence-corrected chi connectivity index (χ0v) is 11.4. The molecule has 7 nitrogen and oxygen atoms in total. The van der Waals surface area contributed by atoms with Gasteiger partial charge in [0.05, 0.1) is 11.5 Å². The molecule has 1 aromatic carbocycles. The summed E-state index contributed by atoms with van der Waals surface area (Å²) in [5.74, 6) is -0.702. The Morgan fingerprint density at radius 2 is 2.10 bits per heavy atom. The average Bonchev–Trinajstić information content (AvgIpc) is 2.47. The van der Waals surface area contributed by atoms with Crippen LogP contribution >= 0.6 is 11.6 Å². The summed E-state index contributed by atoms with van der Waals surface area (Å²) < 4.78 is 0. The standard InChI is InChI=1S/C13H10ClN3O4/c14-12-11(17(20)21)9(5-6-15-12)13(19)16-10-4-2-1-3-8(10)7-18/h1-6,18H,7H2,(H,16,19). The third-order valence-electron chi connectivity index (χ3n) is 2.74. The van der Waals surface area contributed by atoms with E-state index in [-0.39, 0.29) is 17.3 Å². The van der Waals surface area contributed by atoms with Crippen LogP contribution in [-0.2, 0) is 6.61 Å². The summed E-state index contributed by atoms with van der Waals surface area (Å²) in [5, 5.41) is 22.3. The fraction of sp³-hybridized carbons (Fsp3) is 0.0769. The molecule has 2 N–H and O–H groups in total. The van der Waals surface area contributed by atoms with E-state index in [1.807, 2.05) is 0 Å². The Labute approximate surface area is 124 Å². The van der Waals surface area contributed by atoms with Crippen molar-refractivity contribution in [1.29, 1.82) is 0 Å². The molecule has 108 valence electrons. The molecule has 0 aliphatic carbocycles. The number of aliphatic hydroxyl groups excluding tert-OH is 1. The number of aliphatic hydroxyl groups is 1. The predicted octanol–water partition coefficient (Wildman–Crippen LogP) is 2.39. The molecule has 0 saturated heterocycles. The third kappa shape index (κ3) is 3.15. The van der Waals surface area contributed by atoms with Crippen molar-refractivity contribution in [2.24, 2.45) is 0 Å². The molecule has 0 spiro atoms. The minimum atomic E-state index is -0.762. The van der Waals surface area contributed by atoms with Gasteiger partial charge >= 0.3 is 5.69 Å². The van der Waals surface area contributed by atoms with Crippen LogP contribution in [0.15, 0.2) is 36.5 Å². The highest BCUT2D eigenvalue weighted by atomic mass is 35.5. The van der Waals surface area contributed by atoms with Crippen molar-refractivity contribution < 1.29 is 14.8 Å². The van der Waals surface area contributed by atoms with E-state index >= 15 is 0 Å². The lowest BCUT2D eigenvalue weighted by molar-refractivity contribution is -0.385. The summed E-state index contributed by atoms with van der Waals surface area (Å²) in [4.78, 5) is 26.0. The molecule has 0 radical (unpaired) electrons. The van der Waals surface area contributed by atoms with Crippen molar-refractivity contribution in [3.05, 3.63) is 62.9 Å². The molecular formula is C13H10ClN3O4. The molecule has 21 heavy (non-hydrogen) atoms. The molecule has 0 aliphatic rings. The maximum absolute atomic E-state index is 12.2. The minimum Gasteiger partial charge on any atom is -0.392 e. The number of anilines is 1. The number of halogens is 1.